The van der Waals surface area contributed by atoms with Crippen molar-refractivity contribution in [3.05, 3.63) is 12.2 Å². The number of hydrogen-bond acceptors (Lipinski definition) is 5. The number of carbonyl (C=O) groups excluding carboxylic acids is 1. The first kappa shape index (κ1) is 18.0. The first-order valence-corrected chi connectivity index (χ1v) is 8.21. The van der Waals surface area contributed by atoms with Crippen LogP contribution >= 0.6 is 0 Å². The molecular formula is C15H25BN2O5. The molecule has 0 aromatic carbocycles. The number of carbonyl (C=O) groups is 2. The van der Waals surface area contributed by atoms with E-state index in [-0.39, 0.29) is 18.4 Å². The number of aliphatic carboxylic acids is 1. The third kappa shape index (κ3) is 5.97. The van der Waals surface area contributed by atoms with Crippen molar-refractivity contribution in [3.8, 4) is 0 Å². The van der Waals surface area contributed by atoms with E-state index in [0.29, 0.717) is 18.8 Å². The Bertz CT molecular complexity index is 451. The summed E-state index contributed by atoms with van der Waals surface area (Å²) in [4.78, 5) is 22.9. The van der Waals surface area contributed by atoms with E-state index in [1.165, 1.54) is 0 Å². The Labute approximate surface area is 136 Å². The van der Waals surface area contributed by atoms with Crippen LogP contribution in [0.4, 0.5) is 0 Å². The molecule has 0 radical (unpaired) electrons. The van der Waals surface area contributed by atoms with Gasteiger partial charge in [-0.1, -0.05) is 12.2 Å². The van der Waals surface area contributed by atoms with Crippen molar-refractivity contribution in [2.24, 2.45) is 11.7 Å². The van der Waals surface area contributed by atoms with Crippen LogP contribution in [0, 0.1) is 5.92 Å². The van der Waals surface area contributed by atoms with E-state index in [1.807, 2.05) is 0 Å². The molecule has 0 spiro atoms. The van der Waals surface area contributed by atoms with Crippen LogP contribution in [-0.4, -0.2) is 47.2 Å². The number of hydrogen-bond donors (Lipinski definition) is 4. The average Bonchev–Trinajstić information content (AvgIpc) is 2.63. The van der Waals surface area contributed by atoms with Crippen LogP contribution in [0.5, 0.6) is 0 Å². The number of carboxylic acids is 1. The van der Waals surface area contributed by atoms with Gasteiger partial charge in [-0.25, -0.2) is 0 Å². The van der Waals surface area contributed by atoms with Gasteiger partial charge in [0, 0.05) is 12.5 Å². The lowest BCUT2D eigenvalue weighted by Gasteiger charge is -2.26. The molecule has 128 valence electrons. The molecule has 2 atom stereocenters. The van der Waals surface area contributed by atoms with E-state index >= 15 is 0 Å². The summed E-state index contributed by atoms with van der Waals surface area (Å²) >= 11 is 0. The first-order chi connectivity index (χ1) is 10.9. The Morgan fingerprint density at radius 3 is 2.61 bits per heavy atom. The Balaban J connectivity index is 1.79. The van der Waals surface area contributed by atoms with Crippen LogP contribution in [0.15, 0.2) is 12.2 Å². The van der Waals surface area contributed by atoms with Crippen LogP contribution in [0.2, 0.25) is 0 Å². The van der Waals surface area contributed by atoms with Gasteiger partial charge >= 0.3 is 13.1 Å². The highest BCUT2D eigenvalue weighted by atomic mass is 16.5. The Morgan fingerprint density at radius 2 is 1.96 bits per heavy atom. The highest BCUT2D eigenvalue weighted by molar-refractivity contribution is 6.45. The summed E-state index contributed by atoms with van der Waals surface area (Å²) in [6.07, 6.45) is 7.13. The van der Waals surface area contributed by atoms with E-state index in [4.69, 9.17) is 15.5 Å². The Hall–Kier alpha value is -1.38. The summed E-state index contributed by atoms with van der Waals surface area (Å²) < 4.78 is 5.30. The second-order valence-corrected chi connectivity index (χ2v) is 6.49. The molecule has 1 heterocycles. The highest BCUT2D eigenvalue weighted by Gasteiger charge is 2.33. The predicted octanol–water partition coefficient (Wildman–Crippen LogP) is 0.218. The van der Waals surface area contributed by atoms with Gasteiger partial charge in [0.15, 0.2) is 0 Å². The van der Waals surface area contributed by atoms with E-state index < -0.39 is 25.1 Å². The minimum absolute atomic E-state index is 0.108. The monoisotopic (exact) mass is 324 g/mol. The molecule has 1 fully saturated rings. The summed E-state index contributed by atoms with van der Waals surface area (Å²) in [5.74, 6) is -1.31. The molecule has 1 amide bonds. The van der Waals surface area contributed by atoms with Crippen molar-refractivity contribution in [3.63, 3.8) is 0 Å². The van der Waals surface area contributed by atoms with Gasteiger partial charge in [0.2, 0.25) is 5.91 Å². The minimum atomic E-state index is -1.21. The van der Waals surface area contributed by atoms with Gasteiger partial charge in [-0.2, -0.15) is 0 Å². The molecule has 23 heavy (non-hydrogen) atoms. The van der Waals surface area contributed by atoms with Crippen molar-refractivity contribution < 1.29 is 24.4 Å². The maximum Gasteiger partial charge on any atom is 0.478 e. The molecule has 0 bridgehead atoms. The minimum Gasteiger partial charge on any atom is -0.481 e. The average molecular weight is 324 g/mol. The maximum atomic E-state index is 12.2. The molecule has 5 N–H and O–H groups in total. The second kappa shape index (κ2) is 8.47. The van der Waals surface area contributed by atoms with Gasteiger partial charge in [-0.3, -0.25) is 9.59 Å². The van der Waals surface area contributed by atoms with Gasteiger partial charge < -0.3 is 25.8 Å². The van der Waals surface area contributed by atoms with Crippen LogP contribution in [0.25, 0.3) is 0 Å². The lowest BCUT2D eigenvalue weighted by atomic mass is 9.76. The first-order valence-electron chi connectivity index (χ1n) is 8.21. The Morgan fingerprint density at radius 1 is 1.26 bits per heavy atom. The topological polar surface area (TPSA) is 122 Å². The number of amides is 1. The SMILES string of the molecule is N[C@H]1CC[C@H](CC(=O)N[C@H]2CC=C[C@H](CC(=O)O)OB2O)CC1. The smallest absolute Gasteiger partial charge is 0.478 e. The largest absolute Gasteiger partial charge is 0.481 e. The third-order valence-electron chi connectivity index (χ3n) is 4.49. The normalized spacial score (nSPS) is 31.5. The van der Waals surface area contributed by atoms with Gasteiger partial charge in [0.25, 0.3) is 0 Å². The van der Waals surface area contributed by atoms with Gasteiger partial charge in [-0.05, 0) is 38.0 Å². The van der Waals surface area contributed by atoms with E-state index in [2.05, 4.69) is 5.32 Å². The standard InChI is InChI=1S/C15H25BN2O5/c17-11-6-4-10(5-7-11)8-14(19)18-13-3-1-2-12(9-15(20)21)23-16(13)22/h1-2,10-13,22H,3-9,17H2,(H,18,19)(H,20,21)/t10-,11-,12-,13+/m1/s1. The summed E-state index contributed by atoms with van der Waals surface area (Å²) in [5, 5.41) is 21.6. The molecule has 1 aliphatic carbocycles. The molecule has 2 aliphatic rings. The quantitative estimate of drug-likeness (QED) is 0.424. The van der Waals surface area contributed by atoms with Gasteiger partial charge in [0.1, 0.15) is 0 Å². The molecule has 1 saturated carbocycles. The van der Waals surface area contributed by atoms with Crippen LogP contribution < -0.4 is 11.1 Å². The second-order valence-electron chi connectivity index (χ2n) is 6.49. The van der Waals surface area contributed by atoms with E-state index in [9.17, 15) is 14.6 Å². The van der Waals surface area contributed by atoms with Crippen molar-refractivity contribution in [1.29, 1.82) is 0 Å². The molecule has 0 aromatic heterocycles. The maximum absolute atomic E-state index is 12.2. The molecule has 0 unspecified atom stereocenters. The fourth-order valence-corrected chi connectivity index (χ4v) is 3.15. The fraction of sp³-hybridized carbons (Fsp3) is 0.733. The number of nitrogens with two attached hydrogens (primary N) is 1. The zero-order valence-electron chi connectivity index (χ0n) is 13.2. The van der Waals surface area contributed by atoms with Crippen molar-refractivity contribution in [2.45, 2.75) is 63.0 Å². The van der Waals surface area contributed by atoms with E-state index in [0.717, 1.165) is 25.7 Å². The summed E-state index contributed by atoms with van der Waals surface area (Å²) in [5.41, 5.74) is 5.86. The van der Waals surface area contributed by atoms with Gasteiger partial charge in [0.05, 0.1) is 18.5 Å². The molecule has 1 aliphatic heterocycles. The van der Waals surface area contributed by atoms with Crippen molar-refractivity contribution in [2.75, 3.05) is 0 Å². The van der Waals surface area contributed by atoms with Crippen LogP contribution in [-0.2, 0) is 14.2 Å². The van der Waals surface area contributed by atoms with Crippen molar-refractivity contribution in [1.82, 2.24) is 5.32 Å². The lowest BCUT2D eigenvalue weighted by Crippen LogP contribution is -2.48. The highest BCUT2D eigenvalue weighted by Crippen LogP contribution is 2.25. The number of rotatable bonds is 5. The fourth-order valence-electron chi connectivity index (χ4n) is 3.15. The van der Waals surface area contributed by atoms with E-state index in [1.54, 1.807) is 12.2 Å². The summed E-state index contributed by atoms with van der Waals surface area (Å²) in [7, 11) is -1.21. The lowest BCUT2D eigenvalue weighted by molar-refractivity contribution is -0.138. The zero-order valence-corrected chi connectivity index (χ0v) is 13.2. The van der Waals surface area contributed by atoms with Gasteiger partial charge in [-0.15, -0.1) is 0 Å². The summed E-state index contributed by atoms with van der Waals surface area (Å²) in [6.45, 7) is 0. The molecule has 7 nitrogen and oxygen atoms in total. The predicted molar refractivity (Wildman–Crippen MR) is 85.3 cm³/mol. The number of carboxylic acid groups (broad SMARTS) is 1. The molecular weight excluding hydrogens is 299 g/mol. The Kier molecular flexibility index (Phi) is 6.62. The van der Waals surface area contributed by atoms with Crippen LogP contribution in [0.3, 0.4) is 0 Å². The number of nitrogens with one attached hydrogen (secondary N) is 1. The summed E-state index contributed by atoms with van der Waals surface area (Å²) in [6, 6.07) is 0.252. The molecule has 0 saturated heterocycles. The molecule has 0 aromatic rings. The molecule has 2 rings (SSSR count). The van der Waals surface area contributed by atoms with Crippen molar-refractivity contribution >= 4 is 19.0 Å². The zero-order chi connectivity index (χ0) is 16.8. The third-order valence-corrected chi connectivity index (χ3v) is 4.49. The van der Waals surface area contributed by atoms with Crippen LogP contribution in [0.1, 0.15) is 44.9 Å². The molecule has 8 heteroatoms.